The monoisotopic (exact) mass is 154 g/mol. The van der Waals surface area contributed by atoms with Crippen molar-refractivity contribution in [3.05, 3.63) is 0 Å². The Kier molecular flexibility index (Phi) is 2.89. The molecule has 1 fully saturated rings. The third-order valence-corrected chi connectivity index (χ3v) is 1.91. The first kappa shape index (κ1) is 8.54. The number of ether oxygens (including phenoxy) is 1. The van der Waals surface area contributed by atoms with Crippen molar-refractivity contribution in [3.8, 4) is 12.3 Å². The summed E-state index contributed by atoms with van der Waals surface area (Å²) in [6.07, 6.45) is 7.92. The predicted octanol–water partition coefficient (Wildman–Crippen LogP) is 0.240. The maximum Gasteiger partial charge on any atom is 0.0974 e. The molecule has 0 bridgehead atoms. The maximum atomic E-state index is 5.16. The molecule has 1 rings (SSSR count). The average molecular weight is 154 g/mol. The number of hydrogen-bond donors (Lipinski definition) is 2. The highest BCUT2D eigenvalue weighted by Crippen LogP contribution is 2.21. The maximum absolute atomic E-state index is 5.16. The molecule has 0 aromatic rings. The van der Waals surface area contributed by atoms with Gasteiger partial charge in [-0.2, -0.15) is 0 Å². The molecule has 1 saturated heterocycles. The molecule has 2 N–H and O–H groups in total. The van der Waals surface area contributed by atoms with E-state index in [0.717, 1.165) is 25.9 Å². The highest BCUT2D eigenvalue weighted by molar-refractivity contribution is 4.98. The quantitative estimate of drug-likeness (QED) is 0.440. The fraction of sp³-hybridized carbons (Fsp3) is 0.750. The van der Waals surface area contributed by atoms with Gasteiger partial charge in [-0.25, -0.2) is 10.9 Å². The lowest BCUT2D eigenvalue weighted by Crippen LogP contribution is -2.19. The zero-order valence-electron chi connectivity index (χ0n) is 6.81. The highest BCUT2D eigenvalue weighted by Gasteiger charge is 2.40. The Morgan fingerprint density at radius 1 is 1.45 bits per heavy atom. The highest BCUT2D eigenvalue weighted by atomic mass is 16.5. The van der Waals surface area contributed by atoms with Gasteiger partial charge >= 0.3 is 0 Å². The molecule has 1 heterocycles. The molecule has 0 amide bonds. The Balaban J connectivity index is 2.14. The third-order valence-electron chi connectivity index (χ3n) is 1.91. The largest absolute Gasteiger partial charge is 0.385 e. The fourth-order valence-corrected chi connectivity index (χ4v) is 1.03. The molecular weight excluding hydrogens is 140 g/mol. The van der Waals surface area contributed by atoms with Gasteiger partial charge in [0.2, 0.25) is 0 Å². The van der Waals surface area contributed by atoms with Crippen molar-refractivity contribution in [1.29, 1.82) is 0 Å². The first-order valence-corrected chi connectivity index (χ1v) is 3.80. The molecule has 0 aliphatic carbocycles. The zero-order chi connectivity index (χ0) is 8.16. The van der Waals surface area contributed by atoms with Crippen molar-refractivity contribution >= 4 is 0 Å². The Morgan fingerprint density at radius 2 is 2.18 bits per heavy atom. The van der Waals surface area contributed by atoms with Crippen molar-refractivity contribution in [2.24, 2.45) is 0 Å². The van der Waals surface area contributed by atoms with Crippen molar-refractivity contribution < 1.29 is 4.74 Å². The molecular formula is C8H14N2O. The molecule has 0 aromatic heterocycles. The van der Waals surface area contributed by atoms with E-state index in [9.17, 15) is 0 Å². The molecule has 62 valence electrons. The molecule has 0 spiro atoms. The summed E-state index contributed by atoms with van der Waals surface area (Å²) in [6.45, 7) is 0.768. The standard InChI is InChI=1S/C8H14N2O/c1-3-4-5-8(9-10-8)6-7-11-2/h1,9-10H,4-7H2,2H3. The topological polar surface area (TPSA) is 53.1 Å². The van der Waals surface area contributed by atoms with E-state index in [-0.39, 0.29) is 5.66 Å². The number of methoxy groups -OCH3 is 1. The Labute approximate surface area is 67.5 Å². The van der Waals surface area contributed by atoms with Crippen LogP contribution in [0.2, 0.25) is 0 Å². The van der Waals surface area contributed by atoms with Crippen LogP contribution in [-0.4, -0.2) is 19.4 Å². The molecule has 0 radical (unpaired) electrons. The van der Waals surface area contributed by atoms with Crippen LogP contribution in [0.3, 0.4) is 0 Å². The van der Waals surface area contributed by atoms with Crippen LogP contribution in [0.1, 0.15) is 19.3 Å². The lowest BCUT2D eigenvalue weighted by Gasteiger charge is -2.07. The van der Waals surface area contributed by atoms with E-state index in [1.807, 2.05) is 0 Å². The molecule has 3 heteroatoms. The average Bonchev–Trinajstić information content (AvgIpc) is 2.79. The lowest BCUT2D eigenvalue weighted by molar-refractivity contribution is 0.181. The molecule has 0 saturated carbocycles. The van der Waals surface area contributed by atoms with Gasteiger partial charge in [-0.15, -0.1) is 12.3 Å². The SMILES string of the molecule is C#CCCC1(CCOC)NN1. The number of nitrogens with one attached hydrogen (secondary N) is 2. The molecule has 0 unspecified atom stereocenters. The second-order valence-corrected chi connectivity index (χ2v) is 2.78. The van der Waals surface area contributed by atoms with Crippen molar-refractivity contribution in [3.63, 3.8) is 0 Å². The van der Waals surface area contributed by atoms with Crippen LogP contribution in [0.15, 0.2) is 0 Å². The Morgan fingerprint density at radius 3 is 2.64 bits per heavy atom. The molecule has 3 nitrogen and oxygen atoms in total. The van der Waals surface area contributed by atoms with Gasteiger partial charge in [0.1, 0.15) is 0 Å². The lowest BCUT2D eigenvalue weighted by atomic mass is 10.1. The predicted molar refractivity (Wildman–Crippen MR) is 43.6 cm³/mol. The summed E-state index contributed by atoms with van der Waals surface area (Å²) in [4.78, 5) is 0. The molecule has 0 aromatic carbocycles. The molecule has 1 aliphatic rings. The second-order valence-electron chi connectivity index (χ2n) is 2.78. The van der Waals surface area contributed by atoms with Gasteiger partial charge in [0.15, 0.2) is 0 Å². The Bertz CT molecular complexity index is 158. The zero-order valence-corrected chi connectivity index (χ0v) is 6.81. The van der Waals surface area contributed by atoms with Crippen molar-refractivity contribution in [2.75, 3.05) is 13.7 Å². The van der Waals surface area contributed by atoms with Crippen molar-refractivity contribution in [1.82, 2.24) is 10.9 Å². The van der Waals surface area contributed by atoms with E-state index in [1.54, 1.807) is 7.11 Å². The second kappa shape index (κ2) is 3.72. The van der Waals surface area contributed by atoms with E-state index in [1.165, 1.54) is 0 Å². The van der Waals surface area contributed by atoms with Crippen LogP contribution < -0.4 is 10.9 Å². The van der Waals surface area contributed by atoms with E-state index in [2.05, 4.69) is 16.8 Å². The summed E-state index contributed by atoms with van der Waals surface area (Å²) in [5.41, 5.74) is 6.27. The summed E-state index contributed by atoms with van der Waals surface area (Å²) < 4.78 is 4.97. The van der Waals surface area contributed by atoms with Gasteiger partial charge in [0.25, 0.3) is 0 Å². The van der Waals surface area contributed by atoms with E-state index in [4.69, 9.17) is 11.2 Å². The van der Waals surface area contributed by atoms with Crippen LogP contribution in [0.25, 0.3) is 0 Å². The normalized spacial score (nSPS) is 19.3. The van der Waals surface area contributed by atoms with Gasteiger partial charge in [-0.3, -0.25) is 0 Å². The summed E-state index contributed by atoms with van der Waals surface area (Å²) in [5, 5.41) is 0. The molecule has 11 heavy (non-hydrogen) atoms. The first-order chi connectivity index (χ1) is 5.33. The minimum absolute atomic E-state index is 0.0857. The number of rotatable bonds is 5. The summed E-state index contributed by atoms with van der Waals surface area (Å²) in [6, 6.07) is 0. The van der Waals surface area contributed by atoms with E-state index < -0.39 is 0 Å². The van der Waals surface area contributed by atoms with E-state index >= 15 is 0 Å². The number of hydrazine groups is 1. The molecule has 0 atom stereocenters. The van der Waals surface area contributed by atoms with Crippen LogP contribution >= 0.6 is 0 Å². The summed E-state index contributed by atoms with van der Waals surface area (Å²) in [7, 11) is 1.71. The van der Waals surface area contributed by atoms with Crippen LogP contribution in [0.4, 0.5) is 0 Å². The minimum Gasteiger partial charge on any atom is -0.385 e. The van der Waals surface area contributed by atoms with Crippen LogP contribution in [0, 0.1) is 12.3 Å². The van der Waals surface area contributed by atoms with Crippen molar-refractivity contribution in [2.45, 2.75) is 24.9 Å². The third kappa shape index (κ3) is 2.51. The van der Waals surface area contributed by atoms with Crippen LogP contribution in [0.5, 0.6) is 0 Å². The first-order valence-electron chi connectivity index (χ1n) is 3.80. The van der Waals surface area contributed by atoms with Crippen LogP contribution in [-0.2, 0) is 4.74 Å². The number of hydrogen-bond acceptors (Lipinski definition) is 3. The van der Waals surface area contributed by atoms with E-state index in [0.29, 0.717) is 0 Å². The fourth-order valence-electron chi connectivity index (χ4n) is 1.03. The van der Waals surface area contributed by atoms with Gasteiger partial charge in [0, 0.05) is 26.6 Å². The summed E-state index contributed by atoms with van der Waals surface area (Å²) >= 11 is 0. The number of terminal acetylenes is 1. The van der Waals surface area contributed by atoms with Gasteiger partial charge in [0.05, 0.1) is 5.66 Å². The van der Waals surface area contributed by atoms with Gasteiger partial charge < -0.3 is 4.74 Å². The van der Waals surface area contributed by atoms with Gasteiger partial charge in [-0.05, 0) is 6.42 Å². The smallest absolute Gasteiger partial charge is 0.0974 e. The summed E-state index contributed by atoms with van der Waals surface area (Å²) in [5.74, 6) is 2.62. The van der Waals surface area contributed by atoms with Gasteiger partial charge in [-0.1, -0.05) is 0 Å². The Hall–Kier alpha value is -0.560. The minimum atomic E-state index is 0.0857. The molecule has 1 aliphatic heterocycles.